The Bertz CT molecular complexity index is 1040. The van der Waals surface area contributed by atoms with Gasteiger partial charge in [0.2, 0.25) is 5.91 Å². The zero-order chi connectivity index (χ0) is 21.0. The SMILES string of the molecule is O=C(Cn1ccc(C(F)(F)F)n1)Nc1cc(Oc2cccnc2)cc([N+](=O)[O-])c1. The average Bonchev–Trinajstić information content (AvgIpc) is 3.11. The van der Waals surface area contributed by atoms with Crippen molar-refractivity contribution in [3.05, 3.63) is 70.8 Å². The molecule has 1 N–H and O–H groups in total. The molecule has 150 valence electrons. The Morgan fingerprint density at radius 3 is 2.66 bits per heavy atom. The molecule has 0 bridgehead atoms. The van der Waals surface area contributed by atoms with Crippen LogP contribution in [0.2, 0.25) is 0 Å². The summed E-state index contributed by atoms with van der Waals surface area (Å²) in [5, 5.41) is 16.8. The normalized spacial score (nSPS) is 11.1. The standard InChI is InChI=1S/C17H12F3N5O4/c18-17(19,20)15-3-5-24(23-15)10-16(26)22-11-6-12(25(27)28)8-14(7-11)29-13-2-1-4-21-9-13/h1-9H,10H2,(H,22,26). The lowest BCUT2D eigenvalue weighted by Gasteiger charge is -2.09. The summed E-state index contributed by atoms with van der Waals surface area (Å²) >= 11 is 0. The number of nitro groups is 1. The summed E-state index contributed by atoms with van der Waals surface area (Å²) < 4.78 is 44.0. The number of nitro benzene ring substituents is 1. The maximum absolute atomic E-state index is 12.6. The minimum atomic E-state index is -4.62. The Labute approximate surface area is 160 Å². The molecular weight excluding hydrogens is 395 g/mol. The number of amides is 1. The van der Waals surface area contributed by atoms with E-state index in [0.29, 0.717) is 5.75 Å². The van der Waals surface area contributed by atoms with Crippen LogP contribution in [0.3, 0.4) is 0 Å². The number of benzene rings is 1. The van der Waals surface area contributed by atoms with E-state index in [0.717, 1.165) is 29.1 Å². The first-order chi connectivity index (χ1) is 13.7. The zero-order valence-corrected chi connectivity index (χ0v) is 14.5. The van der Waals surface area contributed by atoms with E-state index in [-0.39, 0.29) is 17.1 Å². The molecule has 1 amide bonds. The van der Waals surface area contributed by atoms with Gasteiger partial charge < -0.3 is 10.1 Å². The highest BCUT2D eigenvalue weighted by atomic mass is 19.4. The van der Waals surface area contributed by atoms with Gasteiger partial charge in [-0.1, -0.05) is 0 Å². The van der Waals surface area contributed by atoms with Gasteiger partial charge in [-0.05, 0) is 18.2 Å². The molecule has 0 spiro atoms. The number of aromatic nitrogens is 3. The lowest BCUT2D eigenvalue weighted by Crippen LogP contribution is -2.19. The molecule has 0 aliphatic rings. The number of hydrogen-bond donors (Lipinski definition) is 1. The van der Waals surface area contributed by atoms with Gasteiger partial charge >= 0.3 is 6.18 Å². The third-order valence-corrected chi connectivity index (χ3v) is 3.49. The number of anilines is 1. The van der Waals surface area contributed by atoms with Crippen molar-refractivity contribution in [2.45, 2.75) is 12.7 Å². The third kappa shape index (κ3) is 5.28. The number of nitrogens with zero attached hydrogens (tertiary/aromatic N) is 4. The number of halogens is 3. The summed E-state index contributed by atoms with van der Waals surface area (Å²) in [4.78, 5) is 26.4. The fourth-order valence-corrected chi connectivity index (χ4v) is 2.31. The number of carbonyl (C=O) groups is 1. The molecule has 2 aromatic heterocycles. The molecule has 0 fully saturated rings. The van der Waals surface area contributed by atoms with Crippen LogP contribution >= 0.6 is 0 Å². The molecule has 2 heterocycles. The molecule has 3 aromatic rings. The van der Waals surface area contributed by atoms with E-state index in [1.165, 1.54) is 18.5 Å². The van der Waals surface area contributed by atoms with Crippen LogP contribution in [0.1, 0.15) is 5.69 Å². The number of carbonyl (C=O) groups excluding carboxylic acids is 1. The van der Waals surface area contributed by atoms with Crippen molar-refractivity contribution in [2.75, 3.05) is 5.32 Å². The van der Waals surface area contributed by atoms with Crippen LogP contribution in [-0.4, -0.2) is 25.6 Å². The predicted molar refractivity (Wildman–Crippen MR) is 93.3 cm³/mol. The van der Waals surface area contributed by atoms with Gasteiger partial charge in [0.15, 0.2) is 5.69 Å². The largest absolute Gasteiger partial charge is 0.455 e. The summed E-state index contributed by atoms with van der Waals surface area (Å²) in [5.74, 6) is -0.336. The zero-order valence-electron chi connectivity index (χ0n) is 14.5. The van der Waals surface area contributed by atoms with Gasteiger partial charge in [-0.25, -0.2) is 0 Å². The molecule has 3 rings (SSSR count). The molecule has 0 unspecified atom stereocenters. The molecule has 1 aromatic carbocycles. The van der Waals surface area contributed by atoms with E-state index in [1.807, 2.05) is 0 Å². The van der Waals surface area contributed by atoms with E-state index in [2.05, 4.69) is 15.4 Å². The van der Waals surface area contributed by atoms with Gasteiger partial charge in [-0.15, -0.1) is 0 Å². The number of pyridine rings is 1. The van der Waals surface area contributed by atoms with Gasteiger partial charge in [0.1, 0.15) is 18.0 Å². The summed E-state index contributed by atoms with van der Waals surface area (Å²) in [5.41, 5.74) is -1.45. The second-order valence-corrected chi connectivity index (χ2v) is 5.71. The van der Waals surface area contributed by atoms with Crippen molar-refractivity contribution >= 4 is 17.3 Å². The maximum atomic E-state index is 12.6. The van der Waals surface area contributed by atoms with E-state index < -0.39 is 29.2 Å². The Morgan fingerprint density at radius 1 is 1.24 bits per heavy atom. The fraction of sp³-hybridized carbons (Fsp3) is 0.118. The number of ether oxygens (including phenoxy) is 1. The first-order valence-electron chi connectivity index (χ1n) is 7.98. The predicted octanol–water partition coefficient (Wildman–Crippen LogP) is 3.64. The van der Waals surface area contributed by atoms with Crippen LogP contribution < -0.4 is 10.1 Å². The summed E-state index contributed by atoms with van der Waals surface area (Å²) in [6.45, 7) is -0.516. The Morgan fingerprint density at radius 2 is 2.03 bits per heavy atom. The molecule has 0 saturated heterocycles. The van der Waals surface area contributed by atoms with Gasteiger partial charge in [-0.2, -0.15) is 18.3 Å². The highest BCUT2D eigenvalue weighted by molar-refractivity contribution is 5.91. The van der Waals surface area contributed by atoms with Crippen LogP contribution in [0.15, 0.2) is 55.0 Å². The molecule has 0 radical (unpaired) electrons. The lowest BCUT2D eigenvalue weighted by molar-refractivity contribution is -0.384. The first kappa shape index (κ1) is 19.8. The molecular formula is C17H12F3N5O4. The van der Waals surface area contributed by atoms with Crippen molar-refractivity contribution < 1.29 is 27.6 Å². The molecule has 9 nitrogen and oxygen atoms in total. The highest BCUT2D eigenvalue weighted by Gasteiger charge is 2.33. The van der Waals surface area contributed by atoms with E-state index in [9.17, 15) is 28.1 Å². The van der Waals surface area contributed by atoms with Gasteiger partial charge in [0, 0.05) is 24.5 Å². The van der Waals surface area contributed by atoms with Crippen molar-refractivity contribution in [3.63, 3.8) is 0 Å². The third-order valence-electron chi connectivity index (χ3n) is 3.49. The second-order valence-electron chi connectivity index (χ2n) is 5.71. The van der Waals surface area contributed by atoms with Crippen molar-refractivity contribution in [3.8, 4) is 11.5 Å². The smallest absolute Gasteiger partial charge is 0.435 e. The minimum absolute atomic E-state index is 0.0336. The number of nitrogens with one attached hydrogen (secondary N) is 1. The van der Waals surface area contributed by atoms with Gasteiger partial charge in [0.25, 0.3) is 5.69 Å². The van der Waals surface area contributed by atoms with E-state index in [4.69, 9.17) is 4.74 Å². The molecule has 0 atom stereocenters. The van der Waals surface area contributed by atoms with Crippen LogP contribution in [0.4, 0.5) is 24.5 Å². The molecule has 0 saturated carbocycles. The Balaban J connectivity index is 1.76. The van der Waals surface area contributed by atoms with E-state index >= 15 is 0 Å². The van der Waals surface area contributed by atoms with Crippen molar-refractivity contribution in [2.24, 2.45) is 0 Å². The summed E-state index contributed by atoms with van der Waals surface area (Å²) in [6, 6.07) is 7.52. The Kier molecular flexibility index (Phi) is 5.43. The van der Waals surface area contributed by atoms with Crippen molar-refractivity contribution in [1.82, 2.24) is 14.8 Å². The highest BCUT2D eigenvalue weighted by Crippen LogP contribution is 2.30. The average molecular weight is 407 g/mol. The molecule has 12 heteroatoms. The monoisotopic (exact) mass is 407 g/mol. The molecule has 0 aliphatic heterocycles. The van der Waals surface area contributed by atoms with Crippen LogP contribution in [0.5, 0.6) is 11.5 Å². The van der Waals surface area contributed by atoms with E-state index in [1.54, 1.807) is 12.1 Å². The topological polar surface area (TPSA) is 112 Å². The Hall–Kier alpha value is -3.96. The fourth-order valence-electron chi connectivity index (χ4n) is 2.31. The second kappa shape index (κ2) is 7.96. The number of rotatable bonds is 6. The minimum Gasteiger partial charge on any atom is -0.455 e. The van der Waals surface area contributed by atoms with Crippen LogP contribution in [0, 0.1) is 10.1 Å². The number of non-ortho nitro benzene ring substituents is 1. The molecule has 29 heavy (non-hydrogen) atoms. The maximum Gasteiger partial charge on any atom is 0.435 e. The summed E-state index contributed by atoms with van der Waals surface area (Å²) in [6.07, 6.45) is -0.703. The first-order valence-corrected chi connectivity index (χ1v) is 7.98. The number of alkyl halides is 3. The van der Waals surface area contributed by atoms with Crippen molar-refractivity contribution in [1.29, 1.82) is 0 Å². The number of hydrogen-bond acceptors (Lipinski definition) is 6. The van der Waals surface area contributed by atoms with Crippen LogP contribution in [0.25, 0.3) is 0 Å². The quantitative estimate of drug-likeness (QED) is 0.493. The molecule has 0 aliphatic carbocycles. The van der Waals surface area contributed by atoms with Gasteiger partial charge in [0.05, 0.1) is 22.9 Å². The van der Waals surface area contributed by atoms with Crippen LogP contribution in [-0.2, 0) is 17.5 Å². The van der Waals surface area contributed by atoms with Gasteiger partial charge in [-0.3, -0.25) is 24.6 Å². The summed E-state index contributed by atoms with van der Waals surface area (Å²) in [7, 11) is 0. The lowest BCUT2D eigenvalue weighted by atomic mass is 10.2.